The number of nitrogens with zero attached hydrogens (tertiary/aromatic N) is 2. The molecule has 3 rings (SSSR count). The molecular formula is C23H24N2O3. The minimum atomic E-state index is -0.0763. The number of allylic oxidation sites excluding steroid dienone is 1. The number of rotatable bonds is 8. The smallest absolute Gasteiger partial charge is 0.203 e. The van der Waals surface area contributed by atoms with Crippen molar-refractivity contribution in [2.75, 3.05) is 7.11 Å². The Hall–Kier alpha value is -3.34. The summed E-state index contributed by atoms with van der Waals surface area (Å²) in [6.45, 7) is 5.03. The third kappa shape index (κ3) is 4.68. The summed E-state index contributed by atoms with van der Waals surface area (Å²) in [6, 6.07) is 15.4. The maximum absolute atomic E-state index is 12.4. The highest BCUT2D eigenvalue weighted by atomic mass is 16.5. The van der Waals surface area contributed by atoms with Gasteiger partial charge in [0.1, 0.15) is 23.8 Å². The molecule has 0 unspecified atom stereocenters. The molecule has 144 valence electrons. The van der Waals surface area contributed by atoms with Crippen LogP contribution < -0.4 is 9.47 Å². The topological polar surface area (TPSA) is 53.4 Å². The molecule has 5 nitrogen and oxygen atoms in total. The fourth-order valence-electron chi connectivity index (χ4n) is 2.86. The van der Waals surface area contributed by atoms with Crippen LogP contribution in [0.1, 0.15) is 34.1 Å². The Morgan fingerprint density at radius 2 is 1.93 bits per heavy atom. The third-order valence-corrected chi connectivity index (χ3v) is 4.42. The van der Waals surface area contributed by atoms with Crippen molar-refractivity contribution in [3.8, 4) is 11.5 Å². The van der Waals surface area contributed by atoms with Crippen molar-refractivity contribution in [3.05, 3.63) is 83.2 Å². The van der Waals surface area contributed by atoms with Crippen molar-refractivity contribution in [2.24, 2.45) is 0 Å². The molecule has 5 heteroatoms. The van der Waals surface area contributed by atoms with Crippen LogP contribution in [0.4, 0.5) is 0 Å². The van der Waals surface area contributed by atoms with E-state index >= 15 is 0 Å². The Kier molecular flexibility index (Phi) is 6.27. The van der Waals surface area contributed by atoms with Gasteiger partial charge in [0.15, 0.2) is 0 Å². The van der Waals surface area contributed by atoms with E-state index in [0.29, 0.717) is 18.8 Å². The molecule has 0 atom stereocenters. The molecule has 0 fully saturated rings. The van der Waals surface area contributed by atoms with Crippen LogP contribution in [0.25, 0.3) is 6.08 Å². The molecule has 3 aromatic rings. The highest BCUT2D eigenvalue weighted by Gasteiger charge is 2.09. The maximum atomic E-state index is 12.4. The molecule has 0 aliphatic carbocycles. The predicted octanol–water partition coefficient (Wildman–Crippen LogP) is 4.70. The van der Waals surface area contributed by atoms with Crippen molar-refractivity contribution in [1.29, 1.82) is 0 Å². The summed E-state index contributed by atoms with van der Waals surface area (Å²) in [5, 5.41) is 4.13. The van der Waals surface area contributed by atoms with Gasteiger partial charge in [0.2, 0.25) is 5.78 Å². The van der Waals surface area contributed by atoms with E-state index in [4.69, 9.17) is 9.47 Å². The lowest BCUT2D eigenvalue weighted by Gasteiger charge is -2.11. The van der Waals surface area contributed by atoms with Crippen molar-refractivity contribution in [2.45, 2.75) is 27.0 Å². The summed E-state index contributed by atoms with van der Waals surface area (Å²) in [6.07, 6.45) is 5.00. The van der Waals surface area contributed by atoms with Crippen LogP contribution in [-0.2, 0) is 13.2 Å². The van der Waals surface area contributed by atoms with Crippen LogP contribution in [0.15, 0.2) is 60.8 Å². The molecule has 0 aliphatic heterocycles. The second kappa shape index (κ2) is 9.04. The van der Waals surface area contributed by atoms with E-state index in [1.807, 2.05) is 56.3 Å². The molecular weight excluding hydrogens is 352 g/mol. The van der Waals surface area contributed by atoms with Crippen LogP contribution in [0.3, 0.4) is 0 Å². The van der Waals surface area contributed by atoms with Crippen LogP contribution in [0.5, 0.6) is 11.5 Å². The van der Waals surface area contributed by atoms with Crippen LogP contribution in [-0.4, -0.2) is 22.7 Å². The third-order valence-electron chi connectivity index (χ3n) is 4.42. The SMILES string of the molecule is CCn1nccc1C(=O)/C=C/c1ccc(OC)c(COc2ccc(C)cc2)c1. The molecule has 1 aromatic heterocycles. The number of carbonyl (C=O) groups excluding carboxylic acids is 1. The van der Waals surface area contributed by atoms with Gasteiger partial charge in [-0.1, -0.05) is 29.8 Å². The van der Waals surface area contributed by atoms with E-state index in [-0.39, 0.29) is 5.78 Å². The summed E-state index contributed by atoms with van der Waals surface area (Å²) in [5.41, 5.74) is 3.58. The first kappa shape index (κ1) is 19.4. The van der Waals surface area contributed by atoms with E-state index in [9.17, 15) is 4.79 Å². The minimum Gasteiger partial charge on any atom is -0.496 e. The zero-order chi connectivity index (χ0) is 19.9. The molecule has 0 bridgehead atoms. The lowest BCUT2D eigenvalue weighted by Crippen LogP contribution is -2.07. The van der Waals surface area contributed by atoms with Gasteiger partial charge in [-0.3, -0.25) is 9.48 Å². The fourth-order valence-corrected chi connectivity index (χ4v) is 2.86. The second-order valence-corrected chi connectivity index (χ2v) is 6.40. The van der Waals surface area contributed by atoms with Gasteiger partial charge in [-0.2, -0.15) is 5.10 Å². The zero-order valence-electron chi connectivity index (χ0n) is 16.4. The molecule has 0 N–H and O–H groups in total. The fraction of sp³-hybridized carbons (Fsp3) is 0.217. The predicted molar refractivity (Wildman–Crippen MR) is 110 cm³/mol. The molecule has 0 saturated heterocycles. The van der Waals surface area contributed by atoms with Crippen molar-refractivity contribution in [3.63, 3.8) is 0 Å². The van der Waals surface area contributed by atoms with Crippen molar-refractivity contribution < 1.29 is 14.3 Å². The summed E-state index contributed by atoms with van der Waals surface area (Å²) < 4.78 is 13.0. The normalized spacial score (nSPS) is 11.0. The Labute approximate surface area is 165 Å². The summed E-state index contributed by atoms with van der Waals surface area (Å²) in [4.78, 5) is 12.4. The monoisotopic (exact) mass is 376 g/mol. The first-order valence-corrected chi connectivity index (χ1v) is 9.21. The average Bonchev–Trinajstić information content (AvgIpc) is 3.20. The highest BCUT2D eigenvalue weighted by molar-refractivity contribution is 6.05. The van der Waals surface area contributed by atoms with Gasteiger partial charge in [-0.05, 0) is 55.8 Å². The number of ether oxygens (including phenoxy) is 2. The number of aryl methyl sites for hydroxylation is 2. The number of aromatic nitrogens is 2. The minimum absolute atomic E-state index is 0.0763. The number of hydrogen-bond donors (Lipinski definition) is 0. The molecule has 0 aliphatic rings. The highest BCUT2D eigenvalue weighted by Crippen LogP contribution is 2.23. The van der Waals surface area contributed by atoms with Crippen LogP contribution in [0.2, 0.25) is 0 Å². The van der Waals surface area contributed by atoms with Gasteiger partial charge in [0.05, 0.1) is 7.11 Å². The van der Waals surface area contributed by atoms with Gasteiger partial charge < -0.3 is 9.47 Å². The summed E-state index contributed by atoms with van der Waals surface area (Å²) >= 11 is 0. The zero-order valence-corrected chi connectivity index (χ0v) is 16.4. The average molecular weight is 376 g/mol. The molecule has 28 heavy (non-hydrogen) atoms. The van der Waals surface area contributed by atoms with Crippen molar-refractivity contribution >= 4 is 11.9 Å². The van der Waals surface area contributed by atoms with E-state index in [2.05, 4.69) is 5.10 Å². The van der Waals surface area contributed by atoms with Gasteiger partial charge >= 0.3 is 0 Å². The maximum Gasteiger partial charge on any atom is 0.203 e. The first-order chi connectivity index (χ1) is 13.6. The number of hydrogen-bond acceptors (Lipinski definition) is 4. The standard InChI is InChI=1S/C23H24N2O3/c1-4-25-21(13-14-24-25)22(26)11-7-18-8-12-23(27-3)19(15-18)16-28-20-9-5-17(2)6-10-20/h5-15H,4,16H2,1-3H3/b11-7+. The Morgan fingerprint density at radius 1 is 1.14 bits per heavy atom. The molecule has 0 radical (unpaired) electrons. The van der Waals surface area contributed by atoms with Gasteiger partial charge in [0, 0.05) is 18.3 Å². The van der Waals surface area contributed by atoms with Gasteiger partial charge in [-0.25, -0.2) is 0 Å². The lowest BCUT2D eigenvalue weighted by molar-refractivity contribution is 0.103. The molecule has 0 saturated carbocycles. The molecule has 0 amide bonds. The first-order valence-electron chi connectivity index (χ1n) is 9.21. The number of carbonyl (C=O) groups is 1. The number of ketones is 1. The number of methoxy groups -OCH3 is 1. The number of benzene rings is 2. The van der Waals surface area contributed by atoms with Crippen LogP contribution in [0, 0.1) is 6.92 Å². The Bertz CT molecular complexity index is 972. The van der Waals surface area contributed by atoms with E-state index in [1.54, 1.807) is 36.2 Å². The molecule has 2 aromatic carbocycles. The molecule has 0 spiro atoms. The van der Waals surface area contributed by atoms with E-state index in [0.717, 1.165) is 22.6 Å². The van der Waals surface area contributed by atoms with Crippen LogP contribution >= 0.6 is 0 Å². The van der Waals surface area contributed by atoms with E-state index < -0.39 is 0 Å². The van der Waals surface area contributed by atoms with Gasteiger partial charge in [-0.15, -0.1) is 0 Å². The lowest BCUT2D eigenvalue weighted by atomic mass is 10.1. The van der Waals surface area contributed by atoms with E-state index in [1.165, 1.54) is 5.56 Å². The summed E-state index contributed by atoms with van der Waals surface area (Å²) in [7, 11) is 1.63. The Morgan fingerprint density at radius 3 is 2.64 bits per heavy atom. The molecule has 1 heterocycles. The quantitative estimate of drug-likeness (QED) is 0.423. The largest absolute Gasteiger partial charge is 0.496 e. The summed E-state index contributed by atoms with van der Waals surface area (Å²) in [5.74, 6) is 1.48. The Balaban J connectivity index is 1.74. The second-order valence-electron chi connectivity index (χ2n) is 6.40. The van der Waals surface area contributed by atoms with Crippen molar-refractivity contribution in [1.82, 2.24) is 9.78 Å². The van der Waals surface area contributed by atoms with Gasteiger partial charge in [0.25, 0.3) is 0 Å².